The molecule has 2 heterocycles. The molecule has 13 heteroatoms. The van der Waals surface area contributed by atoms with E-state index in [0.29, 0.717) is 46.3 Å². The van der Waals surface area contributed by atoms with Crippen molar-refractivity contribution >= 4 is 54.6 Å². The van der Waals surface area contributed by atoms with E-state index in [4.69, 9.17) is 4.74 Å². The van der Waals surface area contributed by atoms with Crippen LogP contribution in [0.5, 0.6) is 0 Å². The lowest BCUT2D eigenvalue weighted by Gasteiger charge is -2.25. The molecule has 2 atom stereocenters. The molecule has 2 fully saturated rings. The Morgan fingerprint density at radius 1 is 1.05 bits per heavy atom. The highest BCUT2D eigenvalue weighted by Gasteiger charge is 2.31. The largest absolute Gasteiger partial charge is 0.481 e. The number of nitrogens with zero attached hydrogens (tertiary/aromatic N) is 2. The fraction of sp³-hybridized carbons (Fsp3) is 0.467. The summed E-state index contributed by atoms with van der Waals surface area (Å²) in [4.78, 5) is 40.7. The number of hydrogen-bond donors (Lipinski definition) is 3. The van der Waals surface area contributed by atoms with Gasteiger partial charge in [-0.15, -0.1) is 0 Å². The van der Waals surface area contributed by atoms with E-state index in [1.807, 2.05) is 0 Å². The first kappa shape index (κ1) is 31.0. The number of anilines is 1. The van der Waals surface area contributed by atoms with Crippen LogP contribution in [0.3, 0.4) is 0 Å². The number of aromatic carboxylic acids is 1. The maximum Gasteiger partial charge on any atom is 0.335 e. The van der Waals surface area contributed by atoms with Gasteiger partial charge in [-0.1, -0.05) is 49.2 Å². The summed E-state index contributed by atoms with van der Waals surface area (Å²) in [5.41, 5.74) is 1.40. The number of sulfonamides is 1. The summed E-state index contributed by atoms with van der Waals surface area (Å²) in [7, 11) is -4.00. The van der Waals surface area contributed by atoms with Crippen molar-refractivity contribution in [3.8, 4) is 0 Å². The van der Waals surface area contributed by atoms with Gasteiger partial charge in [-0.3, -0.25) is 9.59 Å². The molecular weight excluding hydrogens is 594 g/mol. The van der Waals surface area contributed by atoms with Gasteiger partial charge in [0.1, 0.15) is 0 Å². The van der Waals surface area contributed by atoms with Crippen LogP contribution < -0.4 is 5.32 Å². The predicted molar refractivity (Wildman–Crippen MR) is 161 cm³/mol. The van der Waals surface area contributed by atoms with Gasteiger partial charge in [0.15, 0.2) is 5.13 Å². The third kappa shape index (κ3) is 7.58. The number of ether oxygens (including phenoxy) is 1. The van der Waals surface area contributed by atoms with Crippen LogP contribution in [0, 0.1) is 5.92 Å². The molecule has 1 aliphatic heterocycles. The predicted octanol–water partition coefficient (Wildman–Crippen LogP) is 4.94. The highest BCUT2D eigenvalue weighted by Crippen LogP contribution is 2.36. The normalized spacial score (nSPS) is 18.3. The molecule has 0 spiro atoms. The van der Waals surface area contributed by atoms with Crippen LogP contribution in [-0.4, -0.2) is 71.6 Å². The number of carbonyl (C=O) groups excluding carboxylic acids is 1. The van der Waals surface area contributed by atoms with Crippen molar-refractivity contribution in [1.82, 2.24) is 9.29 Å². The van der Waals surface area contributed by atoms with Crippen molar-refractivity contribution < 1.29 is 37.8 Å². The molecule has 1 saturated carbocycles. The maximum absolute atomic E-state index is 13.7. The van der Waals surface area contributed by atoms with Crippen molar-refractivity contribution in [2.75, 3.05) is 25.0 Å². The molecule has 1 aliphatic carbocycles. The number of carboxylic acids is 2. The molecule has 0 radical (unpaired) electrons. The highest BCUT2D eigenvalue weighted by molar-refractivity contribution is 7.89. The number of amides is 1. The molecule has 3 N–H and O–H groups in total. The van der Waals surface area contributed by atoms with Crippen LogP contribution in [0.4, 0.5) is 5.13 Å². The Morgan fingerprint density at radius 3 is 2.44 bits per heavy atom. The molecule has 43 heavy (non-hydrogen) atoms. The van der Waals surface area contributed by atoms with Gasteiger partial charge in [-0.05, 0) is 61.1 Å². The molecule has 230 valence electrons. The lowest BCUT2D eigenvalue weighted by atomic mass is 9.87. The van der Waals surface area contributed by atoms with Crippen molar-refractivity contribution in [2.45, 2.75) is 68.3 Å². The van der Waals surface area contributed by atoms with E-state index in [0.717, 1.165) is 32.1 Å². The molecule has 2 aliphatic rings. The second kappa shape index (κ2) is 13.5. The minimum atomic E-state index is -4.00. The van der Waals surface area contributed by atoms with Crippen LogP contribution in [0.2, 0.25) is 0 Å². The number of thiazole rings is 1. The average molecular weight is 630 g/mol. The molecule has 2 aromatic carbocycles. The first-order valence-electron chi connectivity index (χ1n) is 14.5. The monoisotopic (exact) mass is 629 g/mol. The minimum absolute atomic E-state index is 0.0278. The van der Waals surface area contributed by atoms with E-state index in [1.165, 1.54) is 39.9 Å². The SMILES string of the molecule is O=C(O)CCN(CC1CCCO1)S(=O)(=O)c1ccc(C(CC2CCCC2)C(=O)Nc2nc3ccc(C(=O)O)cc3s2)cc1. The number of benzene rings is 2. The zero-order valence-corrected chi connectivity index (χ0v) is 25.2. The first-order valence-corrected chi connectivity index (χ1v) is 16.7. The van der Waals surface area contributed by atoms with Gasteiger partial charge in [0.2, 0.25) is 15.9 Å². The van der Waals surface area contributed by atoms with Crippen molar-refractivity contribution in [3.63, 3.8) is 0 Å². The number of rotatable bonds is 13. The van der Waals surface area contributed by atoms with Crippen LogP contribution in [0.25, 0.3) is 10.2 Å². The molecule has 5 rings (SSSR count). The number of aliphatic carboxylic acids is 1. The summed E-state index contributed by atoms with van der Waals surface area (Å²) in [6.07, 6.45) is 5.82. The van der Waals surface area contributed by atoms with Crippen molar-refractivity contribution in [2.24, 2.45) is 5.92 Å². The molecule has 2 unspecified atom stereocenters. The Labute approximate surface area is 253 Å². The minimum Gasteiger partial charge on any atom is -0.481 e. The lowest BCUT2D eigenvalue weighted by Crippen LogP contribution is -2.38. The van der Waals surface area contributed by atoms with Gasteiger partial charge in [-0.2, -0.15) is 4.31 Å². The zero-order valence-electron chi connectivity index (χ0n) is 23.6. The molecule has 3 aromatic rings. The topological polar surface area (TPSA) is 163 Å². The highest BCUT2D eigenvalue weighted by atomic mass is 32.2. The Bertz CT molecular complexity index is 1580. The maximum atomic E-state index is 13.7. The number of hydrogen-bond acceptors (Lipinski definition) is 8. The Kier molecular flexibility index (Phi) is 9.75. The number of nitrogens with one attached hydrogen (secondary N) is 1. The van der Waals surface area contributed by atoms with Crippen LogP contribution >= 0.6 is 11.3 Å². The van der Waals surface area contributed by atoms with E-state index in [9.17, 15) is 33.0 Å². The van der Waals surface area contributed by atoms with Crippen molar-refractivity contribution in [3.05, 3.63) is 53.6 Å². The van der Waals surface area contributed by atoms with Gasteiger partial charge < -0.3 is 20.3 Å². The van der Waals surface area contributed by atoms with Gasteiger partial charge in [0.25, 0.3) is 0 Å². The summed E-state index contributed by atoms with van der Waals surface area (Å²) in [5.74, 6) is -2.57. The molecule has 1 amide bonds. The Morgan fingerprint density at radius 2 is 1.79 bits per heavy atom. The molecule has 1 saturated heterocycles. The Balaban J connectivity index is 1.37. The summed E-state index contributed by atoms with van der Waals surface area (Å²) in [6, 6.07) is 10.9. The van der Waals surface area contributed by atoms with E-state index in [-0.39, 0.29) is 42.0 Å². The van der Waals surface area contributed by atoms with Crippen LogP contribution in [0.15, 0.2) is 47.4 Å². The van der Waals surface area contributed by atoms with E-state index in [1.54, 1.807) is 18.2 Å². The van der Waals surface area contributed by atoms with E-state index >= 15 is 0 Å². The van der Waals surface area contributed by atoms with E-state index in [2.05, 4.69) is 10.3 Å². The lowest BCUT2D eigenvalue weighted by molar-refractivity contribution is -0.137. The van der Waals surface area contributed by atoms with Gasteiger partial charge in [0.05, 0.1) is 39.1 Å². The van der Waals surface area contributed by atoms with Gasteiger partial charge in [0, 0.05) is 19.7 Å². The smallest absolute Gasteiger partial charge is 0.335 e. The number of fused-ring (bicyclic) bond motifs is 1. The van der Waals surface area contributed by atoms with Crippen LogP contribution in [0.1, 0.15) is 73.2 Å². The Hall–Kier alpha value is -3.39. The summed E-state index contributed by atoms with van der Waals surface area (Å²) in [6.45, 7) is 0.472. The molecule has 0 bridgehead atoms. The summed E-state index contributed by atoms with van der Waals surface area (Å²) >= 11 is 1.20. The standard InChI is InChI=1S/C30H35N3O8S2/c34-27(35)13-14-33(18-22-6-3-15-41-22)43(39,40)23-10-7-20(8-11-23)24(16-19-4-1-2-5-19)28(36)32-30-31-25-12-9-21(29(37)38)17-26(25)42-30/h7-12,17,19,22,24H,1-6,13-16,18H2,(H,34,35)(H,37,38)(H,31,32,36). The fourth-order valence-electron chi connectivity index (χ4n) is 5.84. The third-order valence-corrected chi connectivity index (χ3v) is 11.0. The van der Waals surface area contributed by atoms with E-state index < -0.39 is 27.9 Å². The second-order valence-electron chi connectivity index (χ2n) is 11.1. The third-order valence-electron chi connectivity index (χ3n) is 8.15. The average Bonchev–Trinajstić information content (AvgIpc) is 3.76. The molecule has 1 aromatic heterocycles. The summed E-state index contributed by atoms with van der Waals surface area (Å²) in [5, 5.41) is 21.7. The number of aromatic nitrogens is 1. The van der Waals surface area contributed by atoms with Crippen LogP contribution in [-0.2, 0) is 24.3 Å². The van der Waals surface area contributed by atoms with Gasteiger partial charge in [-0.25, -0.2) is 18.2 Å². The second-order valence-corrected chi connectivity index (χ2v) is 14.1. The quantitative estimate of drug-likeness (QED) is 0.238. The van der Waals surface area contributed by atoms with Gasteiger partial charge >= 0.3 is 11.9 Å². The molecule has 11 nitrogen and oxygen atoms in total. The fourth-order valence-corrected chi connectivity index (χ4v) is 8.22. The number of carbonyl (C=O) groups is 3. The summed E-state index contributed by atoms with van der Waals surface area (Å²) < 4.78 is 34.6. The number of carboxylic acid groups (broad SMARTS) is 2. The molecular formula is C30H35N3O8S2. The zero-order chi connectivity index (χ0) is 30.6. The van der Waals surface area contributed by atoms with Crippen molar-refractivity contribution in [1.29, 1.82) is 0 Å². The first-order chi connectivity index (χ1) is 20.6.